The molecule has 1 heterocycles. The van der Waals surface area contributed by atoms with Crippen LogP contribution in [0.4, 0.5) is 13.2 Å². The van der Waals surface area contributed by atoms with Gasteiger partial charge >= 0.3 is 6.18 Å². The van der Waals surface area contributed by atoms with Crippen molar-refractivity contribution in [3.63, 3.8) is 0 Å². The van der Waals surface area contributed by atoms with Gasteiger partial charge in [0.15, 0.2) is 5.69 Å². The fourth-order valence-corrected chi connectivity index (χ4v) is 4.11. The largest absolute Gasteiger partial charge is 0.507 e. The zero-order chi connectivity index (χ0) is 26.7. The SMILES string of the molecule is CN/N=C(\C)c1cccc(-c2c(C(F)(F)F)nn(C)c2-c2ccc(OCc3ccc(Cl)cc3)cc2O)c1. The van der Waals surface area contributed by atoms with Crippen LogP contribution < -0.4 is 10.2 Å². The first-order valence-electron chi connectivity index (χ1n) is 11.2. The number of benzene rings is 3. The molecule has 0 radical (unpaired) electrons. The van der Waals surface area contributed by atoms with Gasteiger partial charge < -0.3 is 15.3 Å². The monoisotopic (exact) mass is 528 g/mol. The molecule has 4 rings (SSSR count). The van der Waals surface area contributed by atoms with Gasteiger partial charge in [-0.05, 0) is 53.9 Å². The van der Waals surface area contributed by atoms with Crippen LogP contribution in [0.25, 0.3) is 22.4 Å². The molecule has 37 heavy (non-hydrogen) atoms. The van der Waals surface area contributed by atoms with Gasteiger partial charge in [0.2, 0.25) is 0 Å². The van der Waals surface area contributed by atoms with Crippen LogP contribution >= 0.6 is 11.6 Å². The van der Waals surface area contributed by atoms with Crippen molar-refractivity contribution in [3.05, 3.63) is 88.6 Å². The van der Waals surface area contributed by atoms with Crippen molar-refractivity contribution in [2.75, 3.05) is 7.05 Å². The minimum absolute atomic E-state index is 0.120. The first kappa shape index (κ1) is 26.1. The number of ether oxygens (including phenoxy) is 1. The van der Waals surface area contributed by atoms with Gasteiger partial charge in [-0.1, -0.05) is 41.9 Å². The van der Waals surface area contributed by atoms with Crippen LogP contribution in [0.2, 0.25) is 5.02 Å². The lowest BCUT2D eigenvalue weighted by molar-refractivity contribution is -0.140. The summed E-state index contributed by atoms with van der Waals surface area (Å²) >= 11 is 5.90. The first-order valence-corrected chi connectivity index (χ1v) is 11.6. The number of halogens is 4. The summed E-state index contributed by atoms with van der Waals surface area (Å²) in [6, 6.07) is 18.2. The van der Waals surface area contributed by atoms with Crippen LogP contribution in [0.15, 0.2) is 71.8 Å². The third kappa shape index (κ3) is 5.72. The number of phenols is 1. The molecule has 2 N–H and O–H groups in total. The van der Waals surface area contributed by atoms with Crippen LogP contribution in [0, 0.1) is 0 Å². The van der Waals surface area contributed by atoms with E-state index in [9.17, 15) is 18.3 Å². The molecule has 6 nitrogen and oxygen atoms in total. The van der Waals surface area contributed by atoms with Crippen LogP contribution in [-0.2, 0) is 19.8 Å². The highest BCUT2D eigenvalue weighted by molar-refractivity contribution is 6.30. The summed E-state index contributed by atoms with van der Waals surface area (Å²) in [5.41, 5.74) is 4.21. The Labute approximate surface area is 217 Å². The van der Waals surface area contributed by atoms with E-state index in [2.05, 4.69) is 15.6 Å². The third-order valence-electron chi connectivity index (χ3n) is 5.71. The zero-order valence-corrected chi connectivity index (χ0v) is 21.0. The van der Waals surface area contributed by atoms with Crippen molar-refractivity contribution in [2.45, 2.75) is 19.7 Å². The number of alkyl halides is 3. The lowest BCUT2D eigenvalue weighted by atomic mass is 9.95. The predicted molar refractivity (Wildman–Crippen MR) is 138 cm³/mol. The Morgan fingerprint density at radius 2 is 1.84 bits per heavy atom. The first-order chi connectivity index (χ1) is 17.6. The Hall–Kier alpha value is -3.98. The minimum Gasteiger partial charge on any atom is -0.507 e. The Morgan fingerprint density at radius 1 is 1.11 bits per heavy atom. The van der Waals surface area contributed by atoms with Crippen LogP contribution in [0.1, 0.15) is 23.7 Å². The Morgan fingerprint density at radius 3 is 2.49 bits per heavy atom. The fraction of sp³-hybridized carbons (Fsp3) is 0.185. The summed E-state index contributed by atoms with van der Waals surface area (Å²) in [5.74, 6) is 0.118. The lowest BCUT2D eigenvalue weighted by Crippen LogP contribution is -2.08. The number of rotatable bonds is 7. The maximum atomic E-state index is 14.1. The summed E-state index contributed by atoms with van der Waals surface area (Å²) in [5, 5.41) is 19.4. The number of aromatic nitrogens is 2. The lowest BCUT2D eigenvalue weighted by Gasteiger charge is -2.13. The topological polar surface area (TPSA) is 71.7 Å². The quantitative estimate of drug-likeness (QED) is 0.208. The summed E-state index contributed by atoms with van der Waals surface area (Å²) in [4.78, 5) is 0. The van der Waals surface area contributed by atoms with Crippen molar-refractivity contribution in [2.24, 2.45) is 12.1 Å². The molecular formula is C27H24ClF3N4O2. The molecule has 10 heteroatoms. The summed E-state index contributed by atoms with van der Waals surface area (Å²) in [6.07, 6.45) is -4.72. The molecule has 0 aliphatic carbocycles. The van der Waals surface area contributed by atoms with Gasteiger partial charge in [0.1, 0.15) is 18.1 Å². The average Bonchev–Trinajstić information content (AvgIpc) is 3.21. The standard InChI is InChI=1S/C27H24ClF3N4O2/c1-16(33-32-2)18-5-4-6-19(13-18)24-25(35(3)34-26(24)27(29,30)31)22-12-11-21(14-23(22)36)37-15-17-7-9-20(28)10-8-17/h4-14,32,36H,15H2,1-3H3/b33-16+. The molecule has 3 aromatic carbocycles. The molecule has 0 atom stereocenters. The molecule has 0 unspecified atom stereocenters. The van der Waals surface area contributed by atoms with E-state index in [-0.39, 0.29) is 29.2 Å². The van der Waals surface area contributed by atoms with E-state index in [1.807, 2.05) is 12.1 Å². The molecule has 0 bridgehead atoms. The highest BCUT2D eigenvalue weighted by atomic mass is 35.5. The van der Waals surface area contributed by atoms with Gasteiger partial charge in [0.05, 0.1) is 11.4 Å². The average molecular weight is 529 g/mol. The molecule has 4 aromatic rings. The molecule has 0 fully saturated rings. The molecular weight excluding hydrogens is 505 g/mol. The van der Waals surface area contributed by atoms with Crippen molar-refractivity contribution < 1.29 is 23.0 Å². The number of nitrogens with zero attached hydrogens (tertiary/aromatic N) is 3. The molecule has 192 valence electrons. The number of hydrogen-bond donors (Lipinski definition) is 2. The number of hydrogen-bond acceptors (Lipinski definition) is 5. The second-order valence-corrected chi connectivity index (χ2v) is 8.73. The van der Waals surface area contributed by atoms with Crippen LogP contribution in [-0.4, -0.2) is 27.6 Å². The summed E-state index contributed by atoms with van der Waals surface area (Å²) in [7, 11) is 3.05. The molecule has 0 spiro atoms. The van der Waals surface area contributed by atoms with E-state index in [0.29, 0.717) is 27.6 Å². The number of hydrazone groups is 1. The van der Waals surface area contributed by atoms with E-state index in [1.165, 1.54) is 19.2 Å². The Kier molecular flexibility index (Phi) is 7.45. The normalized spacial score (nSPS) is 12.0. The van der Waals surface area contributed by atoms with Crippen molar-refractivity contribution in [1.82, 2.24) is 15.2 Å². The van der Waals surface area contributed by atoms with Crippen molar-refractivity contribution in [3.8, 4) is 33.9 Å². The second kappa shape index (κ2) is 10.6. The number of nitrogens with one attached hydrogen (secondary N) is 1. The van der Waals surface area contributed by atoms with E-state index in [1.54, 1.807) is 56.4 Å². The number of aromatic hydroxyl groups is 1. The summed E-state index contributed by atoms with van der Waals surface area (Å²) in [6.45, 7) is 1.98. The zero-order valence-electron chi connectivity index (χ0n) is 20.3. The molecule has 0 aliphatic rings. The second-order valence-electron chi connectivity index (χ2n) is 8.29. The highest BCUT2D eigenvalue weighted by Gasteiger charge is 2.40. The molecule has 0 amide bonds. The van der Waals surface area contributed by atoms with Gasteiger partial charge in [0, 0.05) is 36.3 Å². The van der Waals surface area contributed by atoms with Gasteiger partial charge in [0.25, 0.3) is 0 Å². The maximum absolute atomic E-state index is 14.1. The maximum Gasteiger partial charge on any atom is 0.435 e. The summed E-state index contributed by atoms with van der Waals surface area (Å²) < 4.78 is 49.1. The van der Waals surface area contributed by atoms with Crippen LogP contribution in [0.3, 0.4) is 0 Å². The van der Waals surface area contributed by atoms with Gasteiger partial charge in [-0.15, -0.1) is 0 Å². The highest BCUT2D eigenvalue weighted by Crippen LogP contribution is 2.45. The van der Waals surface area contributed by atoms with E-state index < -0.39 is 11.9 Å². The van der Waals surface area contributed by atoms with Gasteiger partial charge in [-0.2, -0.15) is 23.4 Å². The van der Waals surface area contributed by atoms with Crippen LogP contribution in [0.5, 0.6) is 11.5 Å². The molecule has 0 saturated carbocycles. The predicted octanol–water partition coefficient (Wildman–Crippen LogP) is 6.65. The van der Waals surface area contributed by atoms with E-state index in [4.69, 9.17) is 16.3 Å². The third-order valence-corrected chi connectivity index (χ3v) is 5.96. The Bertz CT molecular complexity index is 1450. The fourth-order valence-electron chi connectivity index (χ4n) is 3.99. The Balaban J connectivity index is 1.77. The van der Waals surface area contributed by atoms with Gasteiger partial charge in [-0.25, -0.2) is 0 Å². The van der Waals surface area contributed by atoms with E-state index in [0.717, 1.165) is 10.2 Å². The molecule has 1 aromatic heterocycles. The number of phenolic OH excluding ortho intramolecular Hbond substituents is 1. The minimum atomic E-state index is -4.72. The van der Waals surface area contributed by atoms with Crippen molar-refractivity contribution in [1.29, 1.82) is 0 Å². The van der Waals surface area contributed by atoms with E-state index >= 15 is 0 Å². The van der Waals surface area contributed by atoms with Gasteiger partial charge in [-0.3, -0.25) is 4.68 Å². The van der Waals surface area contributed by atoms with Crippen molar-refractivity contribution >= 4 is 17.3 Å². The number of aryl methyl sites for hydroxylation is 1. The smallest absolute Gasteiger partial charge is 0.435 e. The molecule has 0 aliphatic heterocycles. The molecule has 0 saturated heterocycles.